The van der Waals surface area contributed by atoms with Crippen molar-refractivity contribution in [1.82, 2.24) is 4.90 Å². The predicted octanol–water partition coefficient (Wildman–Crippen LogP) is 2.35. The van der Waals surface area contributed by atoms with Gasteiger partial charge in [0, 0.05) is 5.67 Å². The van der Waals surface area contributed by atoms with Crippen LogP contribution in [-0.2, 0) is 0 Å². The van der Waals surface area contributed by atoms with Crippen LogP contribution in [0.2, 0.25) is 19.6 Å². The van der Waals surface area contributed by atoms with Gasteiger partial charge in [-0.3, -0.25) is 0 Å². The van der Waals surface area contributed by atoms with Gasteiger partial charge in [0.05, 0.1) is 8.07 Å². The molecule has 1 nitrogen and oxygen atoms in total. The zero-order valence-corrected chi connectivity index (χ0v) is 9.35. The molecule has 0 amide bonds. The van der Waals surface area contributed by atoms with E-state index in [-0.39, 0.29) is 0 Å². The van der Waals surface area contributed by atoms with Crippen molar-refractivity contribution in [3.8, 4) is 0 Å². The number of hydrogen-bond donors (Lipinski definition) is 0. The normalized spacial score (nSPS) is 27.8. The topological polar surface area (TPSA) is 3.24 Å². The molecule has 0 aliphatic carbocycles. The highest BCUT2D eigenvalue weighted by atomic mass is 28.3. The first-order valence-corrected chi connectivity index (χ1v) is 8.37. The molecule has 1 saturated heterocycles. The summed E-state index contributed by atoms with van der Waals surface area (Å²) in [6, 6.07) is 0. The van der Waals surface area contributed by atoms with Crippen LogP contribution in [-0.4, -0.2) is 31.7 Å². The first kappa shape index (κ1) is 9.27. The van der Waals surface area contributed by atoms with Gasteiger partial charge in [-0.2, -0.15) is 0 Å². The molecule has 1 aliphatic heterocycles. The summed E-state index contributed by atoms with van der Waals surface area (Å²) in [6.07, 6.45) is 2.90. The number of rotatable bonds is 2. The van der Waals surface area contributed by atoms with Gasteiger partial charge in [-0.25, -0.2) is 0 Å². The van der Waals surface area contributed by atoms with E-state index in [0.717, 1.165) is 5.67 Å². The zero-order chi connectivity index (χ0) is 8.48. The quantitative estimate of drug-likeness (QED) is 0.577. The van der Waals surface area contributed by atoms with E-state index in [4.69, 9.17) is 0 Å². The second kappa shape index (κ2) is 3.28. The average molecular weight is 171 g/mol. The Balaban J connectivity index is 2.57. The van der Waals surface area contributed by atoms with Gasteiger partial charge >= 0.3 is 0 Å². The van der Waals surface area contributed by atoms with Gasteiger partial charge in [0.1, 0.15) is 0 Å². The zero-order valence-electron chi connectivity index (χ0n) is 8.35. The lowest BCUT2D eigenvalue weighted by atomic mass is 10.4. The molecule has 1 rings (SSSR count). The van der Waals surface area contributed by atoms with Gasteiger partial charge in [0.25, 0.3) is 0 Å². The van der Waals surface area contributed by atoms with E-state index in [1.165, 1.54) is 25.9 Å². The van der Waals surface area contributed by atoms with Gasteiger partial charge in [0.2, 0.25) is 0 Å². The van der Waals surface area contributed by atoms with E-state index in [1.807, 2.05) is 0 Å². The molecule has 0 radical (unpaired) electrons. The maximum atomic E-state index is 2.67. The number of likely N-dealkylation sites (tertiary alicyclic amines) is 1. The molecule has 1 atom stereocenters. The van der Waals surface area contributed by atoms with Crippen LogP contribution in [0.1, 0.15) is 19.8 Å². The summed E-state index contributed by atoms with van der Waals surface area (Å²) in [5.74, 6) is 0. The SMILES string of the molecule is CCN1CCCC1[Si](C)(C)C. The van der Waals surface area contributed by atoms with Crippen molar-refractivity contribution in [3.05, 3.63) is 0 Å². The van der Waals surface area contributed by atoms with Crippen LogP contribution in [0.3, 0.4) is 0 Å². The van der Waals surface area contributed by atoms with Crippen molar-refractivity contribution < 1.29 is 0 Å². The molecule has 1 fully saturated rings. The second-order valence-corrected chi connectivity index (χ2v) is 10.1. The molecule has 11 heavy (non-hydrogen) atoms. The van der Waals surface area contributed by atoms with Crippen molar-refractivity contribution in [2.75, 3.05) is 13.1 Å². The lowest BCUT2D eigenvalue weighted by molar-refractivity contribution is 0.321. The summed E-state index contributed by atoms with van der Waals surface area (Å²) in [4.78, 5) is 2.67. The Morgan fingerprint density at radius 1 is 1.36 bits per heavy atom. The van der Waals surface area contributed by atoms with Gasteiger partial charge in [-0.1, -0.05) is 26.6 Å². The third-order valence-electron chi connectivity index (χ3n) is 2.77. The standard InChI is InChI=1S/C9H21NSi/c1-5-10-8-6-7-9(10)11(2,3)4/h9H,5-8H2,1-4H3. The molecular formula is C9H21NSi. The minimum absolute atomic E-state index is 0.882. The second-order valence-electron chi connectivity index (χ2n) is 4.65. The smallest absolute Gasteiger partial charge is 0.0638 e. The Labute approximate surface area is 71.8 Å². The number of nitrogens with zero attached hydrogens (tertiary/aromatic N) is 1. The van der Waals surface area contributed by atoms with Crippen LogP contribution >= 0.6 is 0 Å². The van der Waals surface area contributed by atoms with Crippen LogP contribution in [0.5, 0.6) is 0 Å². The van der Waals surface area contributed by atoms with Crippen LogP contribution < -0.4 is 0 Å². The Hall–Kier alpha value is 0.177. The largest absolute Gasteiger partial charge is 0.303 e. The Morgan fingerprint density at radius 2 is 2.00 bits per heavy atom. The molecule has 0 saturated carbocycles. The maximum absolute atomic E-state index is 2.67. The van der Waals surface area contributed by atoms with E-state index in [2.05, 4.69) is 31.5 Å². The molecular weight excluding hydrogens is 150 g/mol. The summed E-state index contributed by atoms with van der Waals surface area (Å²) in [6.45, 7) is 12.4. The molecule has 1 heterocycles. The van der Waals surface area contributed by atoms with Gasteiger partial charge in [-0.15, -0.1) is 0 Å². The summed E-state index contributed by atoms with van der Waals surface area (Å²) in [7, 11) is -0.882. The molecule has 2 heteroatoms. The average Bonchev–Trinajstić information content (AvgIpc) is 2.31. The molecule has 0 spiro atoms. The van der Waals surface area contributed by atoms with E-state index in [1.54, 1.807) is 0 Å². The number of hydrogen-bond acceptors (Lipinski definition) is 1. The van der Waals surface area contributed by atoms with Crippen LogP contribution in [0.25, 0.3) is 0 Å². The minimum atomic E-state index is -0.882. The molecule has 1 aliphatic rings. The van der Waals surface area contributed by atoms with E-state index < -0.39 is 8.07 Å². The van der Waals surface area contributed by atoms with Crippen LogP contribution in [0, 0.1) is 0 Å². The molecule has 1 unspecified atom stereocenters. The fraction of sp³-hybridized carbons (Fsp3) is 1.00. The van der Waals surface area contributed by atoms with E-state index in [0.29, 0.717) is 0 Å². The maximum Gasteiger partial charge on any atom is 0.0638 e. The van der Waals surface area contributed by atoms with Crippen molar-refractivity contribution in [2.24, 2.45) is 0 Å². The predicted molar refractivity (Wildman–Crippen MR) is 53.6 cm³/mol. The van der Waals surface area contributed by atoms with E-state index in [9.17, 15) is 0 Å². The Kier molecular flexibility index (Phi) is 2.76. The van der Waals surface area contributed by atoms with Crippen LogP contribution in [0.4, 0.5) is 0 Å². The lowest BCUT2D eigenvalue weighted by Gasteiger charge is -2.32. The molecule has 0 aromatic rings. The van der Waals surface area contributed by atoms with Gasteiger partial charge < -0.3 is 4.90 Å². The highest BCUT2D eigenvalue weighted by molar-refractivity contribution is 6.77. The first-order chi connectivity index (χ1) is 5.05. The molecule has 66 valence electrons. The molecule has 0 N–H and O–H groups in total. The summed E-state index contributed by atoms with van der Waals surface area (Å²) in [5.41, 5.74) is 0.965. The summed E-state index contributed by atoms with van der Waals surface area (Å²) >= 11 is 0. The molecule has 0 aromatic carbocycles. The first-order valence-electron chi connectivity index (χ1n) is 4.79. The van der Waals surface area contributed by atoms with E-state index >= 15 is 0 Å². The highest BCUT2D eigenvalue weighted by Crippen LogP contribution is 2.25. The van der Waals surface area contributed by atoms with Crippen LogP contribution in [0.15, 0.2) is 0 Å². The van der Waals surface area contributed by atoms with Gasteiger partial charge in [0.15, 0.2) is 0 Å². The third-order valence-corrected chi connectivity index (χ3v) is 5.42. The Bertz CT molecular complexity index is 128. The summed E-state index contributed by atoms with van der Waals surface area (Å²) < 4.78 is 0. The van der Waals surface area contributed by atoms with Crippen molar-refractivity contribution >= 4 is 8.07 Å². The summed E-state index contributed by atoms with van der Waals surface area (Å²) in [5, 5.41) is 0. The third kappa shape index (κ3) is 2.06. The van der Waals surface area contributed by atoms with Crippen molar-refractivity contribution in [3.63, 3.8) is 0 Å². The minimum Gasteiger partial charge on any atom is -0.303 e. The molecule has 0 aromatic heterocycles. The van der Waals surface area contributed by atoms with Crippen molar-refractivity contribution in [2.45, 2.75) is 45.1 Å². The fourth-order valence-corrected chi connectivity index (χ4v) is 4.66. The lowest BCUT2D eigenvalue weighted by Crippen LogP contribution is -2.47. The van der Waals surface area contributed by atoms with Crippen molar-refractivity contribution in [1.29, 1.82) is 0 Å². The molecule has 0 bridgehead atoms. The fourth-order valence-electron chi connectivity index (χ4n) is 2.19. The Morgan fingerprint density at radius 3 is 2.36 bits per heavy atom. The monoisotopic (exact) mass is 171 g/mol. The highest BCUT2D eigenvalue weighted by Gasteiger charge is 2.34. The van der Waals surface area contributed by atoms with Gasteiger partial charge in [-0.05, 0) is 25.9 Å².